The molecule has 1 heterocycles. The summed E-state index contributed by atoms with van der Waals surface area (Å²) in [6.07, 6.45) is 1.49. The fourth-order valence-electron chi connectivity index (χ4n) is 4.21. The molecular formula is C26H32N4O5. The molecule has 4 unspecified atom stereocenters. The van der Waals surface area contributed by atoms with Gasteiger partial charge in [-0.25, -0.2) is 4.79 Å². The first-order chi connectivity index (χ1) is 16.8. The number of nitrogens with one attached hydrogen (secondary N) is 2. The Bertz CT molecular complexity index is 1030. The van der Waals surface area contributed by atoms with E-state index in [1.807, 2.05) is 36.4 Å². The van der Waals surface area contributed by atoms with Crippen molar-refractivity contribution in [2.45, 2.75) is 56.8 Å². The molecule has 5 N–H and O–H groups in total. The van der Waals surface area contributed by atoms with Crippen molar-refractivity contribution in [1.82, 2.24) is 15.5 Å². The Labute approximate surface area is 204 Å². The van der Waals surface area contributed by atoms with Crippen LogP contribution in [0.15, 0.2) is 60.7 Å². The minimum atomic E-state index is -1.15. The van der Waals surface area contributed by atoms with Crippen molar-refractivity contribution in [2.75, 3.05) is 6.54 Å². The smallest absolute Gasteiger partial charge is 0.326 e. The Hall–Kier alpha value is -3.72. The lowest BCUT2D eigenvalue weighted by Crippen LogP contribution is -2.56. The number of carboxylic acid groups (broad SMARTS) is 1. The molecule has 1 aliphatic heterocycles. The number of amides is 3. The van der Waals surface area contributed by atoms with Gasteiger partial charge >= 0.3 is 5.97 Å². The van der Waals surface area contributed by atoms with E-state index in [-0.39, 0.29) is 6.42 Å². The topological polar surface area (TPSA) is 142 Å². The number of aliphatic carboxylic acids is 1. The molecule has 0 bridgehead atoms. The van der Waals surface area contributed by atoms with Crippen LogP contribution < -0.4 is 16.4 Å². The lowest BCUT2D eigenvalue weighted by molar-refractivity contribution is -0.144. The highest BCUT2D eigenvalue weighted by Crippen LogP contribution is 2.19. The second kappa shape index (κ2) is 12.1. The van der Waals surface area contributed by atoms with Gasteiger partial charge in [0.25, 0.3) is 0 Å². The van der Waals surface area contributed by atoms with Gasteiger partial charge in [-0.3, -0.25) is 14.4 Å². The van der Waals surface area contributed by atoms with Crippen molar-refractivity contribution >= 4 is 23.7 Å². The number of carbonyl (C=O) groups is 4. The number of hydrogen-bond donors (Lipinski definition) is 4. The van der Waals surface area contributed by atoms with Crippen LogP contribution in [0.1, 0.15) is 30.9 Å². The van der Waals surface area contributed by atoms with E-state index in [4.69, 9.17) is 5.73 Å². The number of nitrogens with two attached hydrogens (primary N) is 1. The average molecular weight is 481 g/mol. The number of rotatable bonds is 10. The van der Waals surface area contributed by atoms with E-state index >= 15 is 0 Å². The van der Waals surface area contributed by atoms with Crippen LogP contribution in [0.2, 0.25) is 0 Å². The molecule has 9 heteroatoms. The maximum absolute atomic E-state index is 13.1. The van der Waals surface area contributed by atoms with E-state index in [1.165, 1.54) is 4.90 Å². The molecule has 3 amide bonds. The maximum atomic E-state index is 13.1. The van der Waals surface area contributed by atoms with Crippen molar-refractivity contribution < 1.29 is 24.3 Å². The fourth-order valence-corrected chi connectivity index (χ4v) is 4.21. The predicted octanol–water partition coefficient (Wildman–Crippen LogP) is 0.864. The number of carboxylic acids is 1. The van der Waals surface area contributed by atoms with Gasteiger partial charge in [-0.2, -0.15) is 0 Å². The van der Waals surface area contributed by atoms with Crippen LogP contribution in [-0.2, 0) is 32.0 Å². The van der Waals surface area contributed by atoms with Gasteiger partial charge in [0.05, 0.1) is 6.04 Å². The highest BCUT2D eigenvalue weighted by Gasteiger charge is 2.38. The minimum absolute atomic E-state index is 0.133. The molecule has 0 spiro atoms. The third kappa shape index (κ3) is 7.13. The minimum Gasteiger partial charge on any atom is -0.480 e. The monoisotopic (exact) mass is 480 g/mol. The Morgan fingerprint density at radius 2 is 1.54 bits per heavy atom. The zero-order chi connectivity index (χ0) is 25.4. The summed E-state index contributed by atoms with van der Waals surface area (Å²) in [6.45, 7) is 1.90. The SMILES string of the molecule is CC(NC(=O)C(N)Cc1ccccc1)C(=O)N1CCCC1C(=O)NC(Cc1ccccc1)C(=O)O. The largest absolute Gasteiger partial charge is 0.480 e. The summed E-state index contributed by atoms with van der Waals surface area (Å²) in [6, 6.07) is 14.7. The first-order valence-electron chi connectivity index (χ1n) is 11.7. The van der Waals surface area contributed by atoms with E-state index < -0.39 is 47.9 Å². The average Bonchev–Trinajstić information content (AvgIpc) is 3.34. The van der Waals surface area contributed by atoms with Gasteiger partial charge < -0.3 is 26.4 Å². The van der Waals surface area contributed by atoms with Gasteiger partial charge in [-0.15, -0.1) is 0 Å². The number of carbonyl (C=O) groups excluding carboxylic acids is 3. The van der Waals surface area contributed by atoms with Crippen LogP contribution in [0.5, 0.6) is 0 Å². The molecular weight excluding hydrogens is 448 g/mol. The van der Waals surface area contributed by atoms with Gasteiger partial charge in [0.15, 0.2) is 0 Å². The Kier molecular flexibility index (Phi) is 8.97. The highest BCUT2D eigenvalue weighted by molar-refractivity contribution is 5.94. The Morgan fingerprint density at radius 3 is 2.11 bits per heavy atom. The molecule has 0 saturated carbocycles. The van der Waals surface area contributed by atoms with E-state index in [0.29, 0.717) is 25.8 Å². The van der Waals surface area contributed by atoms with Crippen LogP contribution in [0, 0.1) is 0 Å². The summed E-state index contributed by atoms with van der Waals surface area (Å²) >= 11 is 0. The van der Waals surface area contributed by atoms with Crippen LogP contribution in [0.25, 0.3) is 0 Å². The van der Waals surface area contributed by atoms with Crippen molar-refractivity contribution in [3.05, 3.63) is 71.8 Å². The normalized spacial score (nSPS) is 17.8. The van der Waals surface area contributed by atoms with Crippen LogP contribution >= 0.6 is 0 Å². The zero-order valence-corrected chi connectivity index (χ0v) is 19.7. The van der Waals surface area contributed by atoms with Crippen LogP contribution in [0.3, 0.4) is 0 Å². The molecule has 1 fully saturated rings. The van der Waals surface area contributed by atoms with Crippen LogP contribution in [-0.4, -0.2) is 64.4 Å². The van der Waals surface area contributed by atoms with Gasteiger partial charge in [0.2, 0.25) is 17.7 Å². The lowest BCUT2D eigenvalue weighted by Gasteiger charge is -2.28. The van der Waals surface area contributed by atoms with Gasteiger partial charge in [0.1, 0.15) is 18.1 Å². The molecule has 4 atom stereocenters. The van der Waals surface area contributed by atoms with Crippen molar-refractivity contribution in [3.63, 3.8) is 0 Å². The molecule has 2 aromatic carbocycles. The van der Waals surface area contributed by atoms with Crippen molar-refractivity contribution in [1.29, 1.82) is 0 Å². The Balaban J connectivity index is 1.58. The van der Waals surface area contributed by atoms with Crippen molar-refractivity contribution in [3.8, 4) is 0 Å². The zero-order valence-electron chi connectivity index (χ0n) is 19.7. The fraction of sp³-hybridized carbons (Fsp3) is 0.385. The maximum Gasteiger partial charge on any atom is 0.326 e. The number of hydrogen-bond acceptors (Lipinski definition) is 5. The summed E-state index contributed by atoms with van der Waals surface area (Å²) in [4.78, 5) is 51.7. The predicted molar refractivity (Wildman–Crippen MR) is 130 cm³/mol. The molecule has 186 valence electrons. The standard InChI is InChI=1S/C26H32N4O5/c1-17(28-23(31)20(27)15-18-9-4-2-5-10-18)25(33)30-14-8-13-22(30)24(32)29-21(26(34)35)16-19-11-6-3-7-12-19/h2-7,9-12,17,20-22H,8,13-16,27H2,1H3,(H,28,31)(H,29,32)(H,34,35). The van der Waals surface area contributed by atoms with Crippen molar-refractivity contribution in [2.24, 2.45) is 5.73 Å². The van der Waals surface area contributed by atoms with Crippen LogP contribution in [0.4, 0.5) is 0 Å². The molecule has 3 rings (SSSR count). The molecule has 0 radical (unpaired) electrons. The molecule has 0 aliphatic carbocycles. The summed E-state index contributed by atoms with van der Waals surface area (Å²) in [7, 11) is 0. The van der Waals surface area contributed by atoms with E-state index in [2.05, 4.69) is 10.6 Å². The van der Waals surface area contributed by atoms with E-state index in [1.54, 1.807) is 31.2 Å². The van der Waals surface area contributed by atoms with Gasteiger partial charge in [-0.05, 0) is 37.3 Å². The molecule has 1 aliphatic rings. The molecule has 1 saturated heterocycles. The summed E-state index contributed by atoms with van der Waals surface area (Å²) in [5.74, 6) is -2.52. The lowest BCUT2D eigenvalue weighted by atomic mass is 10.0. The Morgan fingerprint density at radius 1 is 0.971 bits per heavy atom. The molecule has 9 nitrogen and oxygen atoms in total. The quantitative estimate of drug-likeness (QED) is 0.397. The van der Waals surface area contributed by atoms with Gasteiger partial charge in [0, 0.05) is 13.0 Å². The second-order valence-electron chi connectivity index (χ2n) is 8.81. The molecule has 35 heavy (non-hydrogen) atoms. The summed E-state index contributed by atoms with van der Waals surface area (Å²) in [5.41, 5.74) is 7.71. The number of nitrogens with zero attached hydrogens (tertiary/aromatic N) is 1. The van der Waals surface area contributed by atoms with Gasteiger partial charge in [-0.1, -0.05) is 60.7 Å². The second-order valence-corrected chi connectivity index (χ2v) is 8.81. The molecule has 2 aromatic rings. The highest BCUT2D eigenvalue weighted by atomic mass is 16.4. The third-order valence-electron chi connectivity index (χ3n) is 6.10. The summed E-state index contributed by atoms with van der Waals surface area (Å²) in [5, 5.41) is 14.8. The first kappa shape index (κ1) is 25.9. The molecule has 0 aromatic heterocycles. The third-order valence-corrected chi connectivity index (χ3v) is 6.10. The summed E-state index contributed by atoms with van der Waals surface area (Å²) < 4.78 is 0. The first-order valence-corrected chi connectivity index (χ1v) is 11.7. The van der Waals surface area contributed by atoms with E-state index in [0.717, 1.165) is 11.1 Å². The number of likely N-dealkylation sites (tertiary alicyclic amines) is 1. The van der Waals surface area contributed by atoms with E-state index in [9.17, 15) is 24.3 Å². The number of benzene rings is 2.